The minimum Gasteiger partial charge on any atom is -0.356 e. The zero-order valence-corrected chi connectivity index (χ0v) is 13.4. The molecule has 1 amide bonds. The molecule has 2 aliphatic rings. The van der Waals surface area contributed by atoms with E-state index in [-0.39, 0.29) is 5.91 Å². The van der Waals surface area contributed by atoms with Gasteiger partial charge in [0.15, 0.2) is 0 Å². The maximum atomic E-state index is 12.0. The van der Waals surface area contributed by atoms with Crippen LogP contribution in [0, 0.1) is 5.92 Å². The third-order valence-electron chi connectivity index (χ3n) is 4.89. The van der Waals surface area contributed by atoms with Crippen molar-refractivity contribution in [3.8, 4) is 0 Å². The molecule has 3 heterocycles. The smallest absolute Gasteiger partial charge is 0.254 e. The Hall–Kier alpha value is -1.62. The molecular formula is C17H26N4O. The Morgan fingerprint density at radius 2 is 2.00 bits per heavy atom. The van der Waals surface area contributed by atoms with Crippen LogP contribution < -0.4 is 10.2 Å². The zero-order chi connectivity index (χ0) is 15.4. The van der Waals surface area contributed by atoms with Crippen molar-refractivity contribution >= 4 is 11.7 Å². The number of anilines is 1. The molecule has 0 atom stereocenters. The summed E-state index contributed by atoms with van der Waals surface area (Å²) in [5.74, 6) is 1.57. The van der Waals surface area contributed by atoms with E-state index in [2.05, 4.69) is 20.1 Å². The van der Waals surface area contributed by atoms with Crippen LogP contribution in [-0.2, 0) is 0 Å². The molecular weight excluding hydrogens is 276 g/mol. The predicted octanol–water partition coefficient (Wildman–Crippen LogP) is 1.75. The van der Waals surface area contributed by atoms with Crippen LogP contribution in [0.3, 0.4) is 0 Å². The molecule has 2 aliphatic heterocycles. The molecule has 0 spiro atoms. The standard InChI is InChI=1S/C17H26N4O/c1-18-17(22)15-5-4-8-19-16(15)21-11-6-14(7-12-21)13-20-9-2-3-10-20/h4-5,8,14H,2-3,6-7,9-13H2,1H3,(H,18,22). The predicted molar refractivity (Wildman–Crippen MR) is 88.2 cm³/mol. The largest absolute Gasteiger partial charge is 0.356 e. The Balaban J connectivity index is 1.60. The minimum absolute atomic E-state index is 0.0534. The van der Waals surface area contributed by atoms with E-state index < -0.39 is 0 Å². The van der Waals surface area contributed by atoms with Crippen LogP contribution >= 0.6 is 0 Å². The summed E-state index contributed by atoms with van der Waals surface area (Å²) in [5.41, 5.74) is 0.683. The Labute approximate surface area is 132 Å². The van der Waals surface area contributed by atoms with E-state index in [1.54, 1.807) is 13.2 Å². The summed E-state index contributed by atoms with van der Waals surface area (Å²) < 4.78 is 0. The van der Waals surface area contributed by atoms with Crippen LogP contribution in [0.5, 0.6) is 0 Å². The first-order valence-electron chi connectivity index (χ1n) is 8.42. The summed E-state index contributed by atoms with van der Waals surface area (Å²) in [6.07, 6.45) is 6.89. The van der Waals surface area contributed by atoms with Crippen LogP contribution in [0.4, 0.5) is 5.82 Å². The number of aromatic nitrogens is 1. The number of amides is 1. The average Bonchev–Trinajstić information content (AvgIpc) is 3.08. The molecule has 22 heavy (non-hydrogen) atoms. The first-order valence-corrected chi connectivity index (χ1v) is 8.42. The maximum absolute atomic E-state index is 12.0. The van der Waals surface area contributed by atoms with E-state index in [0.717, 1.165) is 24.8 Å². The quantitative estimate of drug-likeness (QED) is 0.920. The van der Waals surface area contributed by atoms with Gasteiger partial charge in [0.25, 0.3) is 5.91 Å². The SMILES string of the molecule is CNC(=O)c1cccnc1N1CCC(CN2CCCC2)CC1. The summed E-state index contributed by atoms with van der Waals surface area (Å²) in [4.78, 5) is 21.3. The molecule has 5 heteroatoms. The van der Waals surface area contributed by atoms with E-state index in [9.17, 15) is 4.79 Å². The van der Waals surface area contributed by atoms with E-state index in [1.165, 1.54) is 45.3 Å². The van der Waals surface area contributed by atoms with Crippen molar-refractivity contribution in [3.05, 3.63) is 23.9 Å². The van der Waals surface area contributed by atoms with E-state index in [4.69, 9.17) is 0 Å². The second-order valence-electron chi connectivity index (χ2n) is 6.39. The molecule has 2 fully saturated rings. The fourth-order valence-corrected chi connectivity index (χ4v) is 3.62. The molecule has 120 valence electrons. The molecule has 0 bridgehead atoms. The molecule has 2 saturated heterocycles. The number of nitrogens with zero attached hydrogens (tertiary/aromatic N) is 3. The average molecular weight is 302 g/mol. The molecule has 1 aromatic heterocycles. The second kappa shape index (κ2) is 7.09. The van der Waals surface area contributed by atoms with Crippen molar-refractivity contribution in [1.29, 1.82) is 0 Å². The molecule has 0 aromatic carbocycles. The molecule has 0 saturated carbocycles. The molecule has 0 unspecified atom stereocenters. The summed E-state index contributed by atoms with van der Waals surface area (Å²) >= 11 is 0. The fourth-order valence-electron chi connectivity index (χ4n) is 3.62. The van der Waals surface area contributed by atoms with Crippen molar-refractivity contribution in [1.82, 2.24) is 15.2 Å². The first-order chi connectivity index (χ1) is 10.8. The number of piperidine rings is 1. The van der Waals surface area contributed by atoms with Gasteiger partial charge in [0, 0.05) is 32.9 Å². The van der Waals surface area contributed by atoms with Gasteiger partial charge in [-0.15, -0.1) is 0 Å². The van der Waals surface area contributed by atoms with Gasteiger partial charge in [0.2, 0.25) is 0 Å². The normalized spacial score (nSPS) is 20.3. The molecule has 3 rings (SSSR count). The first kappa shape index (κ1) is 15.3. The van der Waals surface area contributed by atoms with Gasteiger partial charge in [-0.25, -0.2) is 4.98 Å². The fraction of sp³-hybridized carbons (Fsp3) is 0.647. The number of hydrogen-bond acceptors (Lipinski definition) is 4. The molecule has 1 N–H and O–H groups in total. The van der Waals surface area contributed by atoms with Gasteiger partial charge in [-0.3, -0.25) is 4.79 Å². The van der Waals surface area contributed by atoms with Crippen molar-refractivity contribution in [2.45, 2.75) is 25.7 Å². The summed E-state index contributed by atoms with van der Waals surface area (Å²) in [7, 11) is 1.67. The van der Waals surface area contributed by atoms with E-state index in [0.29, 0.717) is 5.56 Å². The lowest BCUT2D eigenvalue weighted by atomic mass is 9.96. The highest BCUT2D eigenvalue weighted by Crippen LogP contribution is 2.25. The number of rotatable bonds is 4. The number of hydrogen-bond donors (Lipinski definition) is 1. The highest BCUT2D eigenvalue weighted by Gasteiger charge is 2.25. The van der Waals surface area contributed by atoms with Gasteiger partial charge in [0.05, 0.1) is 5.56 Å². The van der Waals surface area contributed by atoms with Gasteiger partial charge >= 0.3 is 0 Å². The highest BCUT2D eigenvalue weighted by atomic mass is 16.1. The van der Waals surface area contributed by atoms with Crippen LogP contribution in [0.25, 0.3) is 0 Å². The monoisotopic (exact) mass is 302 g/mol. The van der Waals surface area contributed by atoms with Crippen LogP contribution in [0.15, 0.2) is 18.3 Å². The summed E-state index contributed by atoms with van der Waals surface area (Å²) in [6.45, 7) is 5.81. The number of carbonyl (C=O) groups is 1. The number of pyridine rings is 1. The Kier molecular flexibility index (Phi) is 4.93. The molecule has 0 aliphatic carbocycles. The maximum Gasteiger partial charge on any atom is 0.254 e. The van der Waals surface area contributed by atoms with Crippen molar-refractivity contribution in [2.24, 2.45) is 5.92 Å². The molecule has 0 radical (unpaired) electrons. The second-order valence-corrected chi connectivity index (χ2v) is 6.39. The van der Waals surface area contributed by atoms with Crippen molar-refractivity contribution in [2.75, 3.05) is 44.7 Å². The number of likely N-dealkylation sites (tertiary alicyclic amines) is 1. The van der Waals surface area contributed by atoms with Gasteiger partial charge in [-0.2, -0.15) is 0 Å². The number of nitrogens with one attached hydrogen (secondary N) is 1. The lowest BCUT2D eigenvalue weighted by Crippen LogP contribution is -2.39. The molecule has 5 nitrogen and oxygen atoms in total. The summed E-state index contributed by atoms with van der Waals surface area (Å²) in [5, 5.41) is 2.71. The van der Waals surface area contributed by atoms with Crippen LogP contribution in [0.1, 0.15) is 36.0 Å². The highest BCUT2D eigenvalue weighted by molar-refractivity contribution is 5.98. The van der Waals surface area contributed by atoms with Gasteiger partial charge in [0.1, 0.15) is 5.82 Å². The van der Waals surface area contributed by atoms with Crippen molar-refractivity contribution in [3.63, 3.8) is 0 Å². The summed E-state index contributed by atoms with van der Waals surface area (Å²) in [6, 6.07) is 3.69. The van der Waals surface area contributed by atoms with Gasteiger partial charge in [-0.1, -0.05) is 0 Å². The van der Waals surface area contributed by atoms with Gasteiger partial charge in [-0.05, 0) is 56.8 Å². The van der Waals surface area contributed by atoms with E-state index in [1.807, 2.05) is 12.1 Å². The Bertz CT molecular complexity index is 505. The zero-order valence-electron chi connectivity index (χ0n) is 13.4. The van der Waals surface area contributed by atoms with Crippen LogP contribution in [-0.4, -0.2) is 55.6 Å². The third-order valence-corrected chi connectivity index (χ3v) is 4.89. The lowest BCUT2D eigenvalue weighted by molar-refractivity contribution is 0.0963. The van der Waals surface area contributed by atoms with Crippen molar-refractivity contribution < 1.29 is 4.79 Å². The third kappa shape index (κ3) is 3.40. The lowest BCUT2D eigenvalue weighted by Gasteiger charge is -2.35. The Morgan fingerprint density at radius 3 is 2.68 bits per heavy atom. The van der Waals surface area contributed by atoms with Crippen LogP contribution in [0.2, 0.25) is 0 Å². The minimum atomic E-state index is -0.0534. The van der Waals surface area contributed by atoms with Gasteiger partial charge < -0.3 is 15.1 Å². The van der Waals surface area contributed by atoms with E-state index >= 15 is 0 Å². The topological polar surface area (TPSA) is 48.5 Å². The number of carbonyl (C=O) groups excluding carboxylic acids is 1. The molecule has 1 aromatic rings. The Morgan fingerprint density at radius 1 is 1.27 bits per heavy atom.